The van der Waals surface area contributed by atoms with Crippen molar-refractivity contribution in [3.8, 4) is 0 Å². The Hall–Kier alpha value is -0.690. The summed E-state index contributed by atoms with van der Waals surface area (Å²) in [6, 6.07) is 7.79. The van der Waals surface area contributed by atoms with E-state index in [0.717, 1.165) is 9.26 Å². The highest BCUT2D eigenvalue weighted by atomic mass is 127. The largest absolute Gasteiger partial charge is 0.332 e. The van der Waals surface area contributed by atoms with Crippen LogP contribution < -0.4 is 10.6 Å². The molecule has 0 bridgehead atoms. The monoisotopic (exact) mass is 362 g/mol. The van der Waals surface area contributed by atoms with Crippen molar-refractivity contribution in [2.75, 3.05) is 5.32 Å². The summed E-state index contributed by atoms with van der Waals surface area (Å²) in [5.41, 5.74) is 0.875. The molecular formula is C12H15IN2OS. The SMILES string of the molecule is CC(C)CC(=O)NC(=S)Nc1ccc(I)cc1. The van der Waals surface area contributed by atoms with Gasteiger partial charge in [0.2, 0.25) is 5.91 Å². The van der Waals surface area contributed by atoms with Crippen LogP contribution in [-0.4, -0.2) is 11.0 Å². The molecule has 1 aromatic rings. The average molecular weight is 362 g/mol. The van der Waals surface area contributed by atoms with E-state index in [1.807, 2.05) is 38.1 Å². The second kappa shape index (κ2) is 6.90. The van der Waals surface area contributed by atoms with Gasteiger partial charge in [-0.1, -0.05) is 13.8 Å². The molecule has 17 heavy (non-hydrogen) atoms. The lowest BCUT2D eigenvalue weighted by Crippen LogP contribution is -2.34. The number of carbonyl (C=O) groups is 1. The van der Waals surface area contributed by atoms with Gasteiger partial charge in [0, 0.05) is 15.7 Å². The Morgan fingerprint density at radius 2 is 1.94 bits per heavy atom. The summed E-state index contributed by atoms with van der Waals surface area (Å²) in [6.45, 7) is 3.99. The molecule has 0 aliphatic carbocycles. The quantitative estimate of drug-likeness (QED) is 0.641. The standard InChI is InChI=1S/C12H15IN2OS/c1-8(2)7-11(16)15-12(17)14-10-5-3-9(13)4-6-10/h3-6,8H,7H2,1-2H3,(H2,14,15,16,17). The van der Waals surface area contributed by atoms with Crippen molar-refractivity contribution in [1.82, 2.24) is 5.32 Å². The molecule has 0 spiro atoms. The second-order valence-corrected chi connectivity index (χ2v) is 5.76. The number of benzene rings is 1. The fourth-order valence-electron chi connectivity index (χ4n) is 1.24. The van der Waals surface area contributed by atoms with Crippen LogP contribution in [0.25, 0.3) is 0 Å². The van der Waals surface area contributed by atoms with Crippen LogP contribution in [0.15, 0.2) is 24.3 Å². The zero-order chi connectivity index (χ0) is 12.8. The maximum atomic E-state index is 11.5. The molecule has 1 amide bonds. The number of carbonyl (C=O) groups excluding carboxylic acids is 1. The van der Waals surface area contributed by atoms with Crippen LogP contribution in [0.5, 0.6) is 0 Å². The molecular weight excluding hydrogens is 347 g/mol. The van der Waals surface area contributed by atoms with Gasteiger partial charge in [0.05, 0.1) is 0 Å². The summed E-state index contributed by atoms with van der Waals surface area (Å²) in [7, 11) is 0. The first kappa shape index (κ1) is 14.4. The highest BCUT2D eigenvalue weighted by Gasteiger charge is 2.06. The number of nitrogens with one attached hydrogen (secondary N) is 2. The molecule has 0 aliphatic rings. The molecule has 0 saturated carbocycles. The van der Waals surface area contributed by atoms with E-state index in [4.69, 9.17) is 12.2 Å². The third-order valence-corrected chi connectivity index (χ3v) is 2.87. The van der Waals surface area contributed by atoms with Crippen LogP contribution in [0.2, 0.25) is 0 Å². The summed E-state index contributed by atoms with van der Waals surface area (Å²) < 4.78 is 1.16. The van der Waals surface area contributed by atoms with E-state index in [9.17, 15) is 4.79 Å². The minimum atomic E-state index is -0.0528. The number of anilines is 1. The number of amides is 1. The van der Waals surface area contributed by atoms with Gasteiger partial charge in [0.15, 0.2) is 5.11 Å². The number of hydrogen-bond acceptors (Lipinski definition) is 2. The highest BCUT2D eigenvalue weighted by molar-refractivity contribution is 14.1. The number of thiocarbonyl (C=S) groups is 1. The summed E-state index contributed by atoms with van der Waals surface area (Å²) in [4.78, 5) is 11.5. The van der Waals surface area contributed by atoms with E-state index >= 15 is 0 Å². The van der Waals surface area contributed by atoms with Gasteiger partial charge in [-0.25, -0.2) is 0 Å². The van der Waals surface area contributed by atoms with E-state index in [-0.39, 0.29) is 5.91 Å². The summed E-state index contributed by atoms with van der Waals surface area (Å²) in [5.74, 6) is 0.277. The lowest BCUT2D eigenvalue weighted by molar-refractivity contribution is -0.120. The maximum Gasteiger partial charge on any atom is 0.226 e. The minimum Gasteiger partial charge on any atom is -0.332 e. The molecule has 0 atom stereocenters. The Kier molecular flexibility index (Phi) is 5.84. The van der Waals surface area contributed by atoms with Crippen molar-refractivity contribution < 1.29 is 4.79 Å². The van der Waals surface area contributed by atoms with E-state index in [0.29, 0.717) is 17.5 Å². The molecule has 0 radical (unpaired) electrons. The number of rotatable bonds is 3. The van der Waals surface area contributed by atoms with Gasteiger partial charge in [0.25, 0.3) is 0 Å². The van der Waals surface area contributed by atoms with Gasteiger partial charge < -0.3 is 10.6 Å². The first-order chi connectivity index (χ1) is 7.97. The van der Waals surface area contributed by atoms with Crippen LogP contribution >= 0.6 is 34.8 Å². The van der Waals surface area contributed by atoms with Crippen LogP contribution in [0.1, 0.15) is 20.3 Å². The van der Waals surface area contributed by atoms with Gasteiger partial charge in [-0.2, -0.15) is 0 Å². The molecule has 0 unspecified atom stereocenters. The Balaban J connectivity index is 2.44. The summed E-state index contributed by atoms with van der Waals surface area (Å²) >= 11 is 7.29. The predicted octanol–water partition coefficient (Wildman–Crippen LogP) is 3.15. The fraction of sp³-hybridized carbons (Fsp3) is 0.333. The Bertz CT molecular complexity index is 403. The lowest BCUT2D eigenvalue weighted by Gasteiger charge is -2.10. The van der Waals surface area contributed by atoms with Crippen molar-refractivity contribution in [2.24, 2.45) is 5.92 Å². The Labute approximate surface area is 121 Å². The van der Waals surface area contributed by atoms with Crippen molar-refractivity contribution in [3.05, 3.63) is 27.8 Å². The molecule has 0 fully saturated rings. The van der Waals surface area contributed by atoms with Crippen molar-refractivity contribution in [1.29, 1.82) is 0 Å². The molecule has 92 valence electrons. The summed E-state index contributed by atoms with van der Waals surface area (Å²) in [5, 5.41) is 5.97. The van der Waals surface area contributed by atoms with Gasteiger partial charge in [-0.3, -0.25) is 4.79 Å². The molecule has 5 heteroatoms. The van der Waals surface area contributed by atoms with Gasteiger partial charge in [0.1, 0.15) is 0 Å². The highest BCUT2D eigenvalue weighted by Crippen LogP contribution is 2.10. The first-order valence-corrected chi connectivity index (χ1v) is 6.82. The molecule has 1 rings (SSSR count). The topological polar surface area (TPSA) is 41.1 Å². The third kappa shape index (κ3) is 5.97. The van der Waals surface area contributed by atoms with Crippen LogP contribution in [0.3, 0.4) is 0 Å². The Morgan fingerprint density at radius 3 is 2.47 bits per heavy atom. The van der Waals surface area contributed by atoms with Gasteiger partial charge in [-0.15, -0.1) is 0 Å². The second-order valence-electron chi connectivity index (χ2n) is 4.11. The Morgan fingerprint density at radius 1 is 1.35 bits per heavy atom. The van der Waals surface area contributed by atoms with Crippen LogP contribution in [0, 0.1) is 9.49 Å². The smallest absolute Gasteiger partial charge is 0.226 e. The molecule has 0 heterocycles. The van der Waals surface area contributed by atoms with Crippen molar-refractivity contribution in [2.45, 2.75) is 20.3 Å². The first-order valence-electron chi connectivity index (χ1n) is 5.34. The van der Waals surface area contributed by atoms with Gasteiger partial charge in [-0.05, 0) is 65.0 Å². The van der Waals surface area contributed by atoms with Gasteiger partial charge >= 0.3 is 0 Å². The fourth-order valence-corrected chi connectivity index (χ4v) is 1.84. The minimum absolute atomic E-state index is 0.0528. The molecule has 1 aromatic carbocycles. The summed E-state index contributed by atoms with van der Waals surface area (Å²) in [6.07, 6.45) is 0.481. The molecule has 0 aliphatic heterocycles. The third-order valence-electron chi connectivity index (χ3n) is 1.95. The van der Waals surface area contributed by atoms with Crippen molar-refractivity contribution >= 4 is 51.5 Å². The zero-order valence-electron chi connectivity index (χ0n) is 9.79. The van der Waals surface area contributed by atoms with Crippen LogP contribution in [-0.2, 0) is 4.79 Å². The molecule has 0 aromatic heterocycles. The van der Waals surface area contributed by atoms with E-state index < -0.39 is 0 Å². The van der Waals surface area contributed by atoms with E-state index in [2.05, 4.69) is 33.2 Å². The van der Waals surface area contributed by atoms with E-state index in [1.54, 1.807) is 0 Å². The van der Waals surface area contributed by atoms with Crippen LogP contribution in [0.4, 0.5) is 5.69 Å². The number of hydrogen-bond donors (Lipinski definition) is 2. The predicted molar refractivity (Wildman–Crippen MR) is 83.0 cm³/mol. The number of halogens is 1. The molecule has 2 N–H and O–H groups in total. The van der Waals surface area contributed by atoms with E-state index in [1.165, 1.54) is 0 Å². The average Bonchev–Trinajstić information content (AvgIpc) is 2.19. The normalized spacial score (nSPS) is 10.1. The van der Waals surface area contributed by atoms with Crippen molar-refractivity contribution in [3.63, 3.8) is 0 Å². The zero-order valence-corrected chi connectivity index (χ0v) is 12.8. The molecule has 0 saturated heterocycles. The maximum absolute atomic E-state index is 11.5. The molecule has 3 nitrogen and oxygen atoms in total. The lowest BCUT2D eigenvalue weighted by atomic mass is 10.1.